The molecule has 0 bridgehead atoms. The van der Waals surface area contributed by atoms with Crippen LogP contribution in [0.15, 0.2) is 0 Å². The molecular formula is C14H21N3O2. The molecule has 1 saturated heterocycles. The summed E-state index contributed by atoms with van der Waals surface area (Å²) in [5, 5.41) is 11.2. The number of ketones is 1. The maximum atomic E-state index is 11.8. The molecule has 1 aliphatic heterocycles. The van der Waals surface area contributed by atoms with E-state index in [1.807, 2.05) is 6.07 Å². The zero-order chi connectivity index (χ0) is 13.7. The van der Waals surface area contributed by atoms with Crippen LogP contribution in [-0.4, -0.2) is 42.3 Å². The Hall–Kier alpha value is -1.41. The van der Waals surface area contributed by atoms with Crippen molar-refractivity contribution in [3.05, 3.63) is 0 Å². The van der Waals surface area contributed by atoms with Gasteiger partial charge in [0.2, 0.25) is 5.91 Å². The molecule has 1 heterocycles. The Morgan fingerprint density at radius 2 is 2.26 bits per heavy atom. The number of carbonyl (C=O) groups is 2. The summed E-state index contributed by atoms with van der Waals surface area (Å²) >= 11 is 0. The zero-order valence-corrected chi connectivity index (χ0v) is 11.2. The van der Waals surface area contributed by atoms with Crippen LogP contribution in [0.4, 0.5) is 0 Å². The summed E-state index contributed by atoms with van der Waals surface area (Å²) in [7, 11) is 0. The maximum Gasteiger partial charge on any atom is 0.234 e. The first-order chi connectivity index (χ1) is 9.22. The maximum absolute atomic E-state index is 11.8. The number of nitriles is 1. The molecule has 104 valence electrons. The number of nitrogens with one attached hydrogen (secondary N) is 1. The van der Waals surface area contributed by atoms with E-state index in [9.17, 15) is 9.59 Å². The van der Waals surface area contributed by atoms with E-state index in [2.05, 4.69) is 10.2 Å². The summed E-state index contributed by atoms with van der Waals surface area (Å²) in [6, 6.07) is 2.26. The summed E-state index contributed by atoms with van der Waals surface area (Å²) in [4.78, 5) is 25.8. The molecule has 2 fully saturated rings. The Balaban J connectivity index is 1.83. The number of nitrogens with zero attached hydrogens (tertiary/aromatic N) is 2. The number of rotatable bonds is 5. The van der Waals surface area contributed by atoms with Gasteiger partial charge in [0.25, 0.3) is 0 Å². The van der Waals surface area contributed by atoms with Gasteiger partial charge in [0.05, 0.1) is 19.0 Å². The first-order valence-electron chi connectivity index (χ1n) is 7.13. The van der Waals surface area contributed by atoms with Crippen LogP contribution in [0.1, 0.15) is 38.5 Å². The Labute approximate surface area is 113 Å². The number of hydrogen-bond donors (Lipinski definition) is 1. The Bertz CT molecular complexity index is 389. The van der Waals surface area contributed by atoms with Crippen LogP contribution < -0.4 is 5.32 Å². The molecule has 0 radical (unpaired) electrons. The second-order valence-electron chi connectivity index (χ2n) is 5.40. The van der Waals surface area contributed by atoms with Crippen molar-refractivity contribution in [1.29, 1.82) is 5.26 Å². The van der Waals surface area contributed by atoms with Crippen molar-refractivity contribution in [2.24, 2.45) is 5.92 Å². The van der Waals surface area contributed by atoms with Gasteiger partial charge >= 0.3 is 0 Å². The van der Waals surface area contributed by atoms with Gasteiger partial charge in [-0.3, -0.25) is 14.5 Å². The minimum Gasteiger partial charge on any atom is -0.354 e. The molecule has 2 rings (SSSR count). The number of carbonyl (C=O) groups excluding carboxylic acids is 2. The zero-order valence-electron chi connectivity index (χ0n) is 11.2. The van der Waals surface area contributed by atoms with Gasteiger partial charge in [-0.05, 0) is 32.2 Å². The van der Waals surface area contributed by atoms with Gasteiger partial charge in [-0.15, -0.1) is 0 Å². The van der Waals surface area contributed by atoms with Crippen molar-refractivity contribution < 1.29 is 9.59 Å². The molecular weight excluding hydrogens is 242 g/mol. The van der Waals surface area contributed by atoms with E-state index in [0.29, 0.717) is 31.7 Å². The van der Waals surface area contributed by atoms with E-state index in [4.69, 9.17) is 5.26 Å². The third-order valence-electron chi connectivity index (χ3n) is 4.14. The fraction of sp³-hybridized carbons (Fsp3) is 0.786. The second-order valence-corrected chi connectivity index (χ2v) is 5.40. The molecule has 2 atom stereocenters. The van der Waals surface area contributed by atoms with Gasteiger partial charge in [-0.1, -0.05) is 0 Å². The smallest absolute Gasteiger partial charge is 0.234 e. The summed E-state index contributed by atoms with van der Waals surface area (Å²) in [6.45, 7) is 1.68. The van der Waals surface area contributed by atoms with Crippen LogP contribution in [0.3, 0.4) is 0 Å². The van der Waals surface area contributed by atoms with E-state index in [1.165, 1.54) is 0 Å². The third-order valence-corrected chi connectivity index (χ3v) is 4.14. The number of Topliss-reactive ketones (excluding diaryl/α,β-unsaturated/α-hetero) is 1. The van der Waals surface area contributed by atoms with E-state index >= 15 is 0 Å². The van der Waals surface area contributed by atoms with Crippen LogP contribution in [-0.2, 0) is 9.59 Å². The highest BCUT2D eigenvalue weighted by atomic mass is 16.2. The molecule has 2 aliphatic rings. The second kappa shape index (κ2) is 6.67. The molecule has 19 heavy (non-hydrogen) atoms. The first kappa shape index (κ1) is 14.0. The number of hydrogen-bond acceptors (Lipinski definition) is 4. The van der Waals surface area contributed by atoms with Gasteiger partial charge in [0, 0.05) is 24.9 Å². The van der Waals surface area contributed by atoms with Crippen LogP contribution in [0.5, 0.6) is 0 Å². The molecule has 1 N–H and O–H groups in total. The average Bonchev–Trinajstić information content (AvgIpc) is 2.98. The van der Waals surface area contributed by atoms with Crippen LogP contribution in [0, 0.1) is 17.2 Å². The summed E-state index contributed by atoms with van der Waals surface area (Å²) in [5.74, 6) is 0.490. The lowest BCUT2D eigenvalue weighted by Gasteiger charge is -2.27. The Morgan fingerprint density at radius 3 is 2.95 bits per heavy atom. The topological polar surface area (TPSA) is 73.2 Å². The highest BCUT2D eigenvalue weighted by Crippen LogP contribution is 2.32. The van der Waals surface area contributed by atoms with Crippen molar-refractivity contribution >= 4 is 11.7 Å². The first-order valence-corrected chi connectivity index (χ1v) is 7.13. The highest BCUT2D eigenvalue weighted by Gasteiger charge is 2.38. The molecule has 0 aromatic rings. The van der Waals surface area contributed by atoms with Crippen LogP contribution in [0.2, 0.25) is 0 Å². The summed E-state index contributed by atoms with van der Waals surface area (Å²) in [5.41, 5.74) is 0. The fourth-order valence-electron chi connectivity index (χ4n) is 3.25. The number of amides is 1. The number of likely N-dealkylation sites (tertiary alicyclic amines) is 1. The van der Waals surface area contributed by atoms with Gasteiger partial charge in [0.1, 0.15) is 5.78 Å². The largest absolute Gasteiger partial charge is 0.354 e. The minimum absolute atomic E-state index is 0.0346. The summed E-state index contributed by atoms with van der Waals surface area (Å²) in [6.07, 6.45) is 5.14. The molecule has 0 aromatic heterocycles. The average molecular weight is 263 g/mol. The SMILES string of the molecule is N#CCCNC(=O)CN1CCCC1C1CCCC1=O. The lowest BCUT2D eigenvalue weighted by Crippen LogP contribution is -2.43. The molecule has 1 aliphatic carbocycles. The summed E-state index contributed by atoms with van der Waals surface area (Å²) < 4.78 is 0. The minimum atomic E-state index is -0.0346. The van der Waals surface area contributed by atoms with E-state index in [0.717, 1.165) is 32.2 Å². The van der Waals surface area contributed by atoms with Gasteiger partial charge < -0.3 is 5.32 Å². The predicted molar refractivity (Wildman–Crippen MR) is 70.2 cm³/mol. The Kier molecular flexibility index (Phi) is 4.92. The molecule has 0 aromatic carbocycles. The van der Waals surface area contributed by atoms with Gasteiger partial charge in [-0.25, -0.2) is 0 Å². The van der Waals surface area contributed by atoms with Crippen molar-refractivity contribution in [3.8, 4) is 6.07 Å². The fourth-order valence-corrected chi connectivity index (χ4v) is 3.25. The third kappa shape index (κ3) is 3.54. The van der Waals surface area contributed by atoms with E-state index in [-0.39, 0.29) is 17.9 Å². The van der Waals surface area contributed by atoms with Gasteiger partial charge in [0.15, 0.2) is 0 Å². The van der Waals surface area contributed by atoms with Crippen LogP contribution in [0.25, 0.3) is 0 Å². The molecule has 5 heteroatoms. The van der Waals surface area contributed by atoms with E-state index < -0.39 is 0 Å². The normalized spacial score (nSPS) is 27.4. The molecule has 5 nitrogen and oxygen atoms in total. The molecule has 2 unspecified atom stereocenters. The lowest BCUT2D eigenvalue weighted by atomic mass is 9.95. The molecule has 1 saturated carbocycles. The predicted octanol–water partition coefficient (Wildman–Crippen LogP) is 0.850. The van der Waals surface area contributed by atoms with Crippen molar-refractivity contribution in [2.75, 3.05) is 19.6 Å². The highest BCUT2D eigenvalue weighted by molar-refractivity contribution is 5.84. The standard InChI is InChI=1S/C14H21N3O2/c15-7-3-8-16-14(19)10-17-9-2-5-12(17)11-4-1-6-13(11)18/h11-12H,1-6,8-10H2,(H,16,19). The van der Waals surface area contributed by atoms with E-state index in [1.54, 1.807) is 0 Å². The van der Waals surface area contributed by atoms with Crippen LogP contribution >= 0.6 is 0 Å². The van der Waals surface area contributed by atoms with Crippen molar-refractivity contribution in [1.82, 2.24) is 10.2 Å². The van der Waals surface area contributed by atoms with Crippen molar-refractivity contribution in [2.45, 2.75) is 44.6 Å². The molecule has 1 amide bonds. The van der Waals surface area contributed by atoms with Gasteiger partial charge in [-0.2, -0.15) is 5.26 Å². The lowest BCUT2D eigenvalue weighted by molar-refractivity contribution is -0.125. The Morgan fingerprint density at radius 1 is 1.42 bits per heavy atom. The monoisotopic (exact) mass is 263 g/mol. The quantitative estimate of drug-likeness (QED) is 0.746. The molecule has 0 spiro atoms. The van der Waals surface area contributed by atoms with Crippen molar-refractivity contribution in [3.63, 3.8) is 0 Å².